The highest BCUT2D eigenvalue weighted by molar-refractivity contribution is 7.11. The van der Waals surface area contributed by atoms with Crippen LogP contribution in [0.5, 0.6) is 0 Å². The van der Waals surface area contributed by atoms with Crippen molar-refractivity contribution in [3.05, 3.63) is 45.4 Å². The minimum atomic E-state index is 0.0776. The molecule has 1 aromatic carbocycles. The Morgan fingerprint density at radius 1 is 1.35 bits per heavy atom. The van der Waals surface area contributed by atoms with E-state index < -0.39 is 0 Å². The number of aliphatic hydroxyl groups is 1. The molecule has 0 saturated carbocycles. The Labute approximate surface area is 105 Å². The van der Waals surface area contributed by atoms with Crippen molar-refractivity contribution >= 4 is 17.0 Å². The van der Waals surface area contributed by atoms with E-state index in [0.29, 0.717) is 0 Å². The summed E-state index contributed by atoms with van der Waals surface area (Å²) in [4.78, 5) is 5.66. The van der Waals surface area contributed by atoms with Crippen LogP contribution in [0, 0.1) is 13.8 Å². The first-order valence-electron chi connectivity index (χ1n) is 5.55. The molecule has 90 valence electrons. The van der Waals surface area contributed by atoms with E-state index in [0.717, 1.165) is 28.5 Å². The van der Waals surface area contributed by atoms with Gasteiger partial charge in [0.1, 0.15) is 0 Å². The lowest BCUT2D eigenvalue weighted by molar-refractivity contribution is 0.282. The maximum Gasteiger partial charge on any atom is 0.0900 e. The van der Waals surface area contributed by atoms with Gasteiger partial charge in [-0.1, -0.05) is 12.1 Å². The van der Waals surface area contributed by atoms with Crippen molar-refractivity contribution in [2.45, 2.75) is 27.0 Å². The molecule has 0 aliphatic rings. The summed E-state index contributed by atoms with van der Waals surface area (Å²) >= 11 is 1.72. The van der Waals surface area contributed by atoms with Crippen molar-refractivity contribution < 1.29 is 5.11 Å². The van der Waals surface area contributed by atoms with Crippen LogP contribution in [-0.4, -0.2) is 10.1 Å². The van der Waals surface area contributed by atoms with Gasteiger partial charge in [-0.15, -0.1) is 11.3 Å². The van der Waals surface area contributed by atoms with E-state index in [9.17, 15) is 0 Å². The van der Waals surface area contributed by atoms with Crippen LogP contribution >= 0.6 is 11.3 Å². The zero-order valence-corrected chi connectivity index (χ0v) is 10.8. The molecule has 0 radical (unpaired) electrons. The molecule has 0 amide bonds. The zero-order chi connectivity index (χ0) is 12.3. The molecule has 3 nitrogen and oxygen atoms in total. The molecule has 2 aromatic rings. The zero-order valence-electron chi connectivity index (χ0n) is 10.0. The van der Waals surface area contributed by atoms with Crippen molar-refractivity contribution in [2.75, 3.05) is 5.32 Å². The lowest BCUT2D eigenvalue weighted by Gasteiger charge is -2.06. The molecule has 0 bridgehead atoms. The number of aryl methyl sites for hydroxylation is 2. The summed E-state index contributed by atoms with van der Waals surface area (Å²) in [6, 6.07) is 7.82. The van der Waals surface area contributed by atoms with Crippen LogP contribution in [-0.2, 0) is 13.2 Å². The highest BCUT2D eigenvalue weighted by atomic mass is 32.1. The minimum absolute atomic E-state index is 0.0776. The van der Waals surface area contributed by atoms with Crippen molar-refractivity contribution in [2.24, 2.45) is 0 Å². The molecule has 0 aliphatic carbocycles. The van der Waals surface area contributed by atoms with Gasteiger partial charge >= 0.3 is 0 Å². The van der Waals surface area contributed by atoms with Crippen LogP contribution in [0.2, 0.25) is 0 Å². The molecule has 1 aromatic heterocycles. The van der Waals surface area contributed by atoms with Crippen LogP contribution < -0.4 is 5.32 Å². The highest BCUT2D eigenvalue weighted by Gasteiger charge is 2.04. The average molecular weight is 248 g/mol. The van der Waals surface area contributed by atoms with Crippen molar-refractivity contribution in [1.82, 2.24) is 4.98 Å². The third-order valence-corrected chi connectivity index (χ3v) is 3.64. The second-order valence-electron chi connectivity index (χ2n) is 3.95. The number of nitrogens with one attached hydrogen (secondary N) is 1. The first-order valence-corrected chi connectivity index (χ1v) is 6.37. The SMILES string of the molecule is Cc1nc(C)c(CNc2cccc(CO)c2)s1. The minimum Gasteiger partial charge on any atom is -0.392 e. The van der Waals surface area contributed by atoms with E-state index in [1.54, 1.807) is 11.3 Å². The quantitative estimate of drug-likeness (QED) is 0.874. The number of hydrogen-bond acceptors (Lipinski definition) is 4. The first-order chi connectivity index (χ1) is 8.19. The van der Waals surface area contributed by atoms with Gasteiger partial charge in [-0.3, -0.25) is 0 Å². The van der Waals surface area contributed by atoms with E-state index in [1.165, 1.54) is 4.88 Å². The highest BCUT2D eigenvalue weighted by Crippen LogP contribution is 2.19. The standard InChI is InChI=1S/C13H16N2OS/c1-9-13(17-10(2)15-9)7-14-12-5-3-4-11(6-12)8-16/h3-6,14,16H,7-8H2,1-2H3. The molecule has 4 heteroatoms. The molecule has 0 saturated heterocycles. The number of aromatic nitrogens is 1. The molecular weight excluding hydrogens is 232 g/mol. The Bertz CT molecular complexity index is 508. The van der Waals surface area contributed by atoms with Gasteiger partial charge in [0.15, 0.2) is 0 Å². The molecule has 0 unspecified atom stereocenters. The first kappa shape index (κ1) is 12.1. The number of hydrogen-bond donors (Lipinski definition) is 2. The van der Waals surface area contributed by atoms with Gasteiger partial charge < -0.3 is 10.4 Å². The Kier molecular flexibility index (Phi) is 3.76. The van der Waals surface area contributed by atoms with E-state index in [4.69, 9.17) is 5.11 Å². The number of aliphatic hydroxyl groups excluding tert-OH is 1. The molecular formula is C13H16N2OS. The number of thiazole rings is 1. The molecule has 1 heterocycles. The fraction of sp³-hybridized carbons (Fsp3) is 0.308. The predicted octanol–water partition coefficient (Wildman–Crippen LogP) is 2.86. The fourth-order valence-corrected chi connectivity index (χ4v) is 2.58. The summed E-state index contributed by atoms with van der Waals surface area (Å²) in [5, 5.41) is 13.5. The van der Waals surface area contributed by atoms with Crippen LogP contribution in [0.3, 0.4) is 0 Å². The van der Waals surface area contributed by atoms with Crippen molar-refractivity contribution in [3.63, 3.8) is 0 Å². The van der Waals surface area contributed by atoms with Gasteiger partial charge in [0.05, 0.1) is 23.9 Å². The number of anilines is 1. The normalized spacial score (nSPS) is 10.5. The molecule has 0 spiro atoms. The molecule has 0 aliphatic heterocycles. The summed E-state index contributed by atoms with van der Waals surface area (Å²) in [6.07, 6.45) is 0. The van der Waals surface area contributed by atoms with Gasteiger partial charge in [0.25, 0.3) is 0 Å². The smallest absolute Gasteiger partial charge is 0.0900 e. The number of nitrogens with zero attached hydrogens (tertiary/aromatic N) is 1. The van der Waals surface area contributed by atoms with Gasteiger partial charge in [0.2, 0.25) is 0 Å². The molecule has 17 heavy (non-hydrogen) atoms. The third-order valence-electron chi connectivity index (χ3n) is 2.56. The summed E-state index contributed by atoms with van der Waals surface area (Å²) in [7, 11) is 0. The lowest BCUT2D eigenvalue weighted by Crippen LogP contribution is -1.99. The average Bonchev–Trinajstić information content (AvgIpc) is 2.65. The lowest BCUT2D eigenvalue weighted by atomic mass is 10.2. The predicted molar refractivity (Wildman–Crippen MR) is 71.3 cm³/mol. The van der Waals surface area contributed by atoms with Gasteiger partial charge in [-0.25, -0.2) is 4.98 Å². The molecule has 0 atom stereocenters. The van der Waals surface area contributed by atoms with E-state index in [1.807, 2.05) is 38.1 Å². The van der Waals surface area contributed by atoms with Crippen LogP contribution in [0.4, 0.5) is 5.69 Å². The maximum absolute atomic E-state index is 9.06. The fourth-order valence-electron chi connectivity index (χ4n) is 1.70. The summed E-state index contributed by atoms with van der Waals surface area (Å²) in [5.41, 5.74) is 3.05. The molecule has 0 fully saturated rings. The third kappa shape index (κ3) is 3.05. The molecule has 2 N–H and O–H groups in total. The topological polar surface area (TPSA) is 45.2 Å². The maximum atomic E-state index is 9.06. The summed E-state index contributed by atoms with van der Waals surface area (Å²) in [5.74, 6) is 0. The Balaban J connectivity index is 2.04. The molecule has 2 rings (SSSR count). The van der Waals surface area contributed by atoms with E-state index in [2.05, 4.69) is 10.3 Å². The Hall–Kier alpha value is -1.39. The van der Waals surface area contributed by atoms with Gasteiger partial charge in [-0.2, -0.15) is 0 Å². The second kappa shape index (κ2) is 5.29. The summed E-state index contributed by atoms with van der Waals surface area (Å²) < 4.78 is 0. The van der Waals surface area contributed by atoms with Crippen molar-refractivity contribution in [3.8, 4) is 0 Å². The Morgan fingerprint density at radius 3 is 2.82 bits per heavy atom. The number of rotatable bonds is 4. The van der Waals surface area contributed by atoms with Crippen LogP contribution in [0.15, 0.2) is 24.3 Å². The van der Waals surface area contributed by atoms with E-state index in [-0.39, 0.29) is 6.61 Å². The van der Waals surface area contributed by atoms with Gasteiger partial charge in [-0.05, 0) is 31.5 Å². The van der Waals surface area contributed by atoms with E-state index >= 15 is 0 Å². The number of benzene rings is 1. The Morgan fingerprint density at radius 2 is 2.18 bits per heavy atom. The van der Waals surface area contributed by atoms with Crippen LogP contribution in [0.1, 0.15) is 21.1 Å². The van der Waals surface area contributed by atoms with Gasteiger partial charge in [0, 0.05) is 10.6 Å². The second-order valence-corrected chi connectivity index (χ2v) is 5.24. The largest absolute Gasteiger partial charge is 0.392 e. The van der Waals surface area contributed by atoms with Crippen LogP contribution in [0.25, 0.3) is 0 Å². The summed E-state index contributed by atoms with van der Waals surface area (Å²) in [6.45, 7) is 4.92. The van der Waals surface area contributed by atoms with Crippen molar-refractivity contribution in [1.29, 1.82) is 0 Å². The monoisotopic (exact) mass is 248 g/mol.